The lowest BCUT2D eigenvalue weighted by atomic mass is 10.2. The first-order valence-electron chi connectivity index (χ1n) is 5.01. The zero-order chi connectivity index (χ0) is 12.7. The molecule has 0 fully saturated rings. The summed E-state index contributed by atoms with van der Waals surface area (Å²) in [6, 6.07) is 3.37. The molecule has 92 valence electrons. The quantitative estimate of drug-likeness (QED) is 0.647. The molecule has 0 aliphatic rings. The molecule has 0 atom stereocenters. The molecule has 0 saturated carbocycles. The van der Waals surface area contributed by atoms with Crippen molar-refractivity contribution in [2.45, 2.75) is 13.0 Å². The van der Waals surface area contributed by atoms with Crippen molar-refractivity contribution in [1.29, 1.82) is 0 Å². The van der Waals surface area contributed by atoms with Gasteiger partial charge in [0.15, 0.2) is 0 Å². The van der Waals surface area contributed by atoms with Crippen LogP contribution in [0.25, 0.3) is 0 Å². The number of alkyl halides is 2. The normalized spacial score (nSPS) is 9.94. The Labute approximate surface area is 97.8 Å². The molecule has 1 rings (SSSR count). The molecule has 1 aromatic rings. The fraction of sp³-hybridized carbons (Fsp3) is 0.333. The molecule has 0 aliphatic heterocycles. The lowest BCUT2D eigenvalue weighted by Gasteiger charge is -2.06. The fourth-order valence-electron chi connectivity index (χ4n) is 1.14. The average molecular weight is 243 g/mol. The summed E-state index contributed by atoms with van der Waals surface area (Å²) in [5.41, 5.74) is 0.253. The van der Waals surface area contributed by atoms with E-state index in [1.807, 2.05) is 0 Å². The van der Waals surface area contributed by atoms with Gasteiger partial charge in [0.2, 0.25) is 0 Å². The first kappa shape index (κ1) is 13.4. The Morgan fingerprint density at radius 2 is 2.18 bits per heavy atom. The maximum absolute atomic E-state index is 12.9. The zero-order valence-electron chi connectivity index (χ0n) is 9.27. The van der Waals surface area contributed by atoms with Gasteiger partial charge < -0.3 is 10.1 Å². The van der Waals surface area contributed by atoms with Crippen LogP contribution in [0.2, 0.25) is 0 Å². The summed E-state index contributed by atoms with van der Waals surface area (Å²) in [4.78, 5) is 0. The van der Waals surface area contributed by atoms with Gasteiger partial charge >= 0.3 is 6.61 Å². The van der Waals surface area contributed by atoms with E-state index in [-0.39, 0.29) is 11.3 Å². The molecule has 0 saturated heterocycles. The summed E-state index contributed by atoms with van der Waals surface area (Å²) in [5.74, 6) is 4.57. The summed E-state index contributed by atoms with van der Waals surface area (Å²) in [6.45, 7) is -2.30. The van der Waals surface area contributed by atoms with Gasteiger partial charge in [-0.1, -0.05) is 11.8 Å². The standard InChI is InChI=1S/C12H12F3NO/c1-16-7-3-2-4-9-5-6-10(13)8-11(9)17-12(14)15/h5-6,8,12,16H,3,7H2,1H3. The minimum absolute atomic E-state index is 0.239. The molecule has 0 aliphatic carbocycles. The van der Waals surface area contributed by atoms with Gasteiger partial charge in [0.1, 0.15) is 11.6 Å². The van der Waals surface area contributed by atoms with Crippen LogP contribution in [0.1, 0.15) is 12.0 Å². The van der Waals surface area contributed by atoms with Crippen molar-refractivity contribution in [2.24, 2.45) is 0 Å². The van der Waals surface area contributed by atoms with Gasteiger partial charge in [-0.05, 0) is 19.2 Å². The number of ether oxygens (including phenoxy) is 1. The van der Waals surface area contributed by atoms with E-state index >= 15 is 0 Å². The third-order valence-electron chi connectivity index (χ3n) is 1.88. The molecule has 0 unspecified atom stereocenters. The third kappa shape index (κ3) is 4.79. The number of nitrogens with one attached hydrogen (secondary N) is 1. The van der Waals surface area contributed by atoms with E-state index in [9.17, 15) is 13.2 Å². The van der Waals surface area contributed by atoms with Gasteiger partial charge in [0, 0.05) is 19.0 Å². The summed E-state index contributed by atoms with van der Waals surface area (Å²) < 4.78 is 41.2. The largest absolute Gasteiger partial charge is 0.433 e. The van der Waals surface area contributed by atoms with Gasteiger partial charge in [0.25, 0.3) is 0 Å². The van der Waals surface area contributed by atoms with Crippen molar-refractivity contribution in [3.63, 3.8) is 0 Å². The number of benzene rings is 1. The predicted molar refractivity (Wildman–Crippen MR) is 58.5 cm³/mol. The minimum Gasteiger partial charge on any atom is -0.433 e. The second-order valence-corrected chi connectivity index (χ2v) is 3.17. The molecular formula is C12H12F3NO. The molecule has 0 radical (unpaired) electrons. The van der Waals surface area contributed by atoms with E-state index in [4.69, 9.17) is 0 Å². The van der Waals surface area contributed by atoms with Crippen molar-refractivity contribution in [2.75, 3.05) is 13.6 Å². The summed E-state index contributed by atoms with van der Waals surface area (Å²) in [7, 11) is 1.78. The van der Waals surface area contributed by atoms with Crippen LogP contribution >= 0.6 is 0 Å². The molecule has 0 heterocycles. The van der Waals surface area contributed by atoms with Gasteiger partial charge in [0.05, 0.1) is 5.56 Å². The highest BCUT2D eigenvalue weighted by Crippen LogP contribution is 2.21. The smallest absolute Gasteiger partial charge is 0.387 e. The average Bonchev–Trinajstić information content (AvgIpc) is 2.26. The van der Waals surface area contributed by atoms with Crippen LogP contribution in [0.3, 0.4) is 0 Å². The Kier molecular flexibility index (Phi) is 5.37. The second-order valence-electron chi connectivity index (χ2n) is 3.17. The SMILES string of the molecule is CNCCC#Cc1ccc(F)cc1OC(F)F. The van der Waals surface area contributed by atoms with E-state index in [0.29, 0.717) is 13.0 Å². The number of halogens is 3. The highest BCUT2D eigenvalue weighted by Gasteiger charge is 2.09. The Bertz CT molecular complexity index is 423. The summed E-state index contributed by atoms with van der Waals surface area (Å²) in [6.07, 6.45) is 0.571. The van der Waals surface area contributed by atoms with E-state index in [0.717, 1.165) is 12.1 Å². The molecule has 17 heavy (non-hydrogen) atoms. The lowest BCUT2D eigenvalue weighted by Crippen LogP contribution is -2.06. The predicted octanol–water partition coefficient (Wildman–Crippen LogP) is 2.39. The zero-order valence-corrected chi connectivity index (χ0v) is 9.27. The Morgan fingerprint density at radius 1 is 1.41 bits per heavy atom. The molecule has 2 nitrogen and oxygen atoms in total. The van der Waals surface area contributed by atoms with E-state index < -0.39 is 12.4 Å². The van der Waals surface area contributed by atoms with Crippen LogP contribution in [0.15, 0.2) is 18.2 Å². The van der Waals surface area contributed by atoms with Crippen LogP contribution < -0.4 is 10.1 Å². The Morgan fingerprint density at radius 3 is 2.82 bits per heavy atom. The van der Waals surface area contributed by atoms with Crippen molar-refractivity contribution < 1.29 is 17.9 Å². The van der Waals surface area contributed by atoms with Crippen molar-refractivity contribution in [3.8, 4) is 17.6 Å². The molecule has 1 N–H and O–H groups in total. The van der Waals surface area contributed by atoms with Gasteiger partial charge in [-0.25, -0.2) is 4.39 Å². The van der Waals surface area contributed by atoms with Crippen LogP contribution in [-0.4, -0.2) is 20.2 Å². The first-order valence-corrected chi connectivity index (χ1v) is 5.01. The van der Waals surface area contributed by atoms with E-state index in [1.54, 1.807) is 7.05 Å². The maximum atomic E-state index is 12.9. The Hall–Kier alpha value is -1.67. The molecule has 0 spiro atoms. The summed E-state index contributed by atoms with van der Waals surface area (Å²) in [5, 5.41) is 2.90. The van der Waals surface area contributed by atoms with Gasteiger partial charge in [-0.2, -0.15) is 8.78 Å². The molecule has 0 amide bonds. The Balaban J connectivity index is 2.84. The maximum Gasteiger partial charge on any atom is 0.387 e. The van der Waals surface area contributed by atoms with Crippen LogP contribution in [-0.2, 0) is 0 Å². The number of hydrogen-bond donors (Lipinski definition) is 1. The first-order chi connectivity index (χ1) is 8.13. The van der Waals surface area contributed by atoms with Crippen molar-refractivity contribution in [1.82, 2.24) is 5.32 Å². The molecule has 5 heteroatoms. The third-order valence-corrected chi connectivity index (χ3v) is 1.88. The molecule has 0 bridgehead atoms. The molecular weight excluding hydrogens is 231 g/mol. The van der Waals surface area contributed by atoms with Gasteiger partial charge in [-0.3, -0.25) is 0 Å². The van der Waals surface area contributed by atoms with Crippen LogP contribution in [0.5, 0.6) is 5.75 Å². The number of hydrogen-bond acceptors (Lipinski definition) is 2. The highest BCUT2D eigenvalue weighted by atomic mass is 19.3. The topological polar surface area (TPSA) is 21.3 Å². The van der Waals surface area contributed by atoms with E-state index in [1.165, 1.54) is 6.07 Å². The van der Waals surface area contributed by atoms with Crippen molar-refractivity contribution >= 4 is 0 Å². The highest BCUT2D eigenvalue weighted by molar-refractivity contribution is 5.46. The van der Waals surface area contributed by atoms with Crippen LogP contribution in [0.4, 0.5) is 13.2 Å². The van der Waals surface area contributed by atoms with Crippen LogP contribution in [0, 0.1) is 17.7 Å². The minimum atomic E-state index is -2.99. The molecule has 0 aromatic heterocycles. The second kappa shape index (κ2) is 6.81. The summed E-state index contributed by atoms with van der Waals surface area (Å²) >= 11 is 0. The lowest BCUT2D eigenvalue weighted by molar-refractivity contribution is -0.0501. The van der Waals surface area contributed by atoms with E-state index in [2.05, 4.69) is 21.9 Å². The number of rotatable bonds is 4. The fourth-order valence-corrected chi connectivity index (χ4v) is 1.14. The van der Waals surface area contributed by atoms with Crippen molar-refractivity contribution in [3.05, 3.63) is 29.6 Å². The molecule has 1 aromatic carbocycles. The monoisotopic (exact) mass is 243 g/mol. The van der Waals surface area contributed by atoms with Gasteiger partial charge in [-0.15, -0.1) is 0 Å².